The fourth-order valence-electron chi connectivity index (χ4n) is 8.29. The first-order valence-electron chi connectivity index (χ1n) is 22.3. The lowest BCUT2D eigenvalue weighted by molar-refractivity contribution is 0.0791. The number of benzene rings is 3. The highest BCUT2D eigenvalue weighted by atomic mass is 35.5. The average Bonchev–Trinajstić information content (AvgIpc) is 3.22. The van der Waals surface area contributed by atoms with Gasteiger partial charge >= 0.3 is 0 Å². The van der Waals surface area contributed by atoms with Crippen LogP contribution in [0.1, 0.15) is 124 Å². The van der Waals surface area contributed by atoms with E-state index in [1.165, 1.54) is 12.1 Å². The highest BCUT2D eigenvalue weighted by Crippen LogP contribution is 2.26. The first kappa shape index (κ1) is 55.2. The number of hydrogen-bond acceptors (Lipinski definition) is 8. The van der Waals surface area contributed by atoms with E-state index in [0.29, 0.717) is 53.2 Å². The maximum Gasteiger partial charge on any atom is 0.257 e. The Bertz CT molecular complexity index is 2050. The zero-order valence-electron chi connectivity index (χ0n) is 38.8. The van der Waals surface area contributed by atoms with Gasteiger partial charge in [0.2, 0.25) is 0 Å². The molecule has 7 N–H and O–H groups in total. The summed E-state index contributed by atoms with van der Waals surface area (Å²) in [6.07, 6.45) is 3.04. The minimum absolute atomic E-state index is 0. The molecule has 4 unspecified atom stereocenters. The number of nitrogens with one attached hydrogen (secondary N) is 3. The summed E-state index contributed by atoms with van der Waals surface area (Å²) in [5, 5.41) is 9.16. The van der Waals surface area contributed by atoms with E-state index < -0.39 is 40.3 Å². The highest BCUT2D eigenvalue weighted by molar-refractivity contribution is 6.34. The molecule has 3 aliphatic heterocycles. The molecule has 3 saturated heterocycles. The van der Waals surface area contributed by atoms with Crippen LogP contribution >= 0.6 is 11.6 Å². The van der Waals surface area contributed by atoms with Gasteiger partial charge in [-0.1, -0.05) is 37.2 Å². The van der Waals surface area contributed by atoms with E-state index in [0.717, 1.165) is 69.3 Å². The van der Waals surface area contributed by atoms with E-state index in [1.807, 2.05) is 26.0 Å². The minimum atomic E-state index is -1.44. The van der Waals surface area contributed by atoms with Gasteiger partial charge in [-0.3, -0.25) is 24.2 Å². The zero-order valence-corrected chi connectivity index (χ0v) is 39.6. The van der Waals surface area contributed by atoms with Gasteiger partial charge in [0, 0.05) is 92.7 Å². The van der Waals surface area contributed by atoms with Crippen molar-refractivity contribution in [1.82, 2.24) is 30.7 Å². The summed E-state index contributed by atoms with van der Waals surface area (Å²) in [4.78, 5) is 43.8. The number of aryl methyl sites for hydroxylation is 2. The van der Waals surface area contributed by atoms with Crippen LogP contribution in [0.25, 0.3) is 0 Å². The van der Waals surface area contributed by atoms with E-state index in [1.54, 1.807) is 19.1 Å². The van der Waals surface area contributed by atoms with Gasteiger partial charge in [-0.2, -0.15) is 0 Å². The van der Waals surface area contributed by atoms with Crippen molar-refractivity contribution in [1.29, 1.82) is 0 Å². The minimum Gasteiger partial charge on any atom is -0.348 e. The number of carbonyl (C=O) groups excluding carboxylic acids is 3. The molecule has 16 heteroatoms. The lowest BCUT2D eigenvalue weighted by atomic mass is 9.88. The molecule has 3 aromatic carbocycles. The van der Waals surface area contributed by atoms with E-state index in [9.17, 15) is 31.9 Å². The van der Waals surface area contributed by atoms with E-state index in [2.05, 4.69) is 72.2 Å². The normalized spacial score (nSPS) is 21.3. The maximum atomic E-state index is 13.7. The zero-order chi connectivity index (χ0) is 47.6. The molecule has 0 aromatic heterocycles. The quantitative estimate of drug-likeness (QED) is 0.109. The second kappa shape index (κ2) is 24.6. The standard InChI is InChI=1S/C16H24ClN3O.C16H21F3N2O.C16H24FN3O.CH4/c1-10(2)20-8-7-14(13(18)9-20)19-16(21)15-11(3)5-4-6-12(15)17;1-10(2)21-8-6-16(3,7-9-21)20-15(22)13-11(17)4-5-12(18)14(13)19;1-10(2)20-7-6-15(14(18)9-20)19-16(21)13-8-12(17)5-4-11(13)3;/h4-6,10,13-14H,7-9,18H2,1-3H3,(H,19,21);4-5,10H,6-9H2,1-3H3,(H,20,22);4-5,8,10,14-15H,6-7,9,18H2,1-3H3,(H,19,21);1H4. The lowest BCUT2D eigenvalue weighted by Gasteiger charge is -2.41. The number of nitrogens with two attached hydrogens (primary N) is 2. The largest absolute Gasteiger partial charge is 0.348 e. The second-order valence-electron chi connectivity index (χ2n) is 18.5. The fourth-order valence-corrected chi connectivity index (χ4v) is 8.60. The third-order valence-corrected chi connectivity index (χ3v) is 13.0. The van der Waals surface area contributed by atoms with Crippen molar-refractivity contribution in [2.45, 2.75) is 143 Å². The summed E-state index contributed by atoms with van der Waals surface area (Å²) < 4.78 is 53.8. The Balaban J connectivity index is 0.000000257. The summed E-state index contributed by atoms with van der Waals surface area (Å²) in [7, 11) is 0. The predicted octanol–water partition coefficient (Wildman–Crippen LogP) is 7.59. The van der Waals surface area contributed by atoms with E-state index in [4.69, 9.17) is 23.1 Å². The fraction of sp³-hybridized carbons (Fsp3) is 0.571. The predicted molar refractivity (Wildman–Crippen MR) is 253 cm³/mol. The van der Waals surface area contributed by atoms with Gasteiger partial charge in [0.05, 0.1) is 10.6 Å². The SMILES string of the molecule is C.CC(C)N1CCC(C)(NC(=O)c2c(F)ccc(F)c2F)CC1.Cc1ccc(F)cc1C(=O)NC1CCN(C(C)C)CC1N.Cc1cccc(Cl)c1C(=O)NC1CCN(C(C)C)CC1N. The summed E-state index contributed by atoms with van der Waals surface area (Å²) in [6, 6.07) is 12.3. The summed E-state index contributed by atoms with van der Waals surface area (Å²) in [6.45, 7) is 23.4. The van der Waals surface area contributed by atoms with Crippen LogP contribution < -0.4 is 27.4 Å². The molecule has 6 rings (SSSR count). The van der Waals surface area contributed by atoms with Gasteiger partial charge < -0.3 is 32.3 Å². The number of carbonyl (C=O) groups is 3. The summed E-state index contributed by atoms with van der Waals surface area (Å²) in [5.74, 6) is -5.41. The maximum absolute atomic E-state index is 13.7. The van der Waals surface area contributed by atoms with Crippen LogP contribution in [-0.4, -0.2) is 120 Å². The Kier molecular flexibility index (Phi) is 20.9. The summed E-state index contributed by atoms with van der Waals surface area (Å²) >= 11 is 6.14. The Labute approximate surface area is 389 Å². The van der Waals surface area contributed by atoms with Crippen LogP contribution in [-0.2, 0) is 0 Å². The second-order valence-corrected chi connectivity index (χ2v) is 18.9. The van der Waals surface area contributed by atoms with E-state index >= 15 is 0 Å². The van der Waals surface area contributed by atoms with Crippen LogP contribution in [0, 0.1) is 37.1 Å². The van der Waals surface area contributed by atoms with Crippen LogP contribution in [0.15, 0.2) is 48.5 Å². The number of rotatable bonds is 9. The van der Waals surface area contributed by atoms with E-state index in [-0.39, 0.29) is 43.4 Å². The number of nitrogens with zero attached hydrogens (tertiary/aromatic N) is 3. The molecular formula is C49H73ClF4N8O3. The van der Waals surface area contributed by atoms with Gasteiger partial charge in [0.25, 0.3) is 17.7 Å². The number of likely N-dealkylation sites (tertiary alicyclic amines) is 3. The van der Waals surface area contributed by atoms with Gasteiger partial charge in [-0.05, 0) is 129 Å². The van der Waals surface area contributed by atoms with Crippen LogP contribution in [0.4, 0.5) is 17.6 Å². The molecule has 3 fully saturated rings. The molecule has 11 nitrogen and oxygen atoms in total. The molecular weight excluding hydrogens is 860 g/mol. The van der Waals surface area contributed by atoms with Crippen molar-refractivity contribution in [3.63, 3.8) is 0 Å². The molecule has 3 amide bonds. The molecule has 0 bridgehead atoms. The third kappa shape index (κ3) is 15.2. The Morgan fingerprint density at radius 1 is 0.677 bits per heavy atom. The van der Waals surface area contributed by atoms with Crippen molar-refractivity contribution in [2.75, 3.05) is 39.3 Å². The smallest absolute Gasteiger partial charge is 0.257 e. The van der Waals surface area contributed by atoms with Crippen LogP contribution in [0.3, 0.4) is 0 Å². The molecule has 3 aromatic rings. The number of amides is 3. The van der Waals surface area contributed by atoms with Gasteiger partial charge in [0.1, 0.15) is 17.2 Å². The molecule has 0 saturated carbocycles. The van der Waals surface area contributed by atoms with Crippen molar-refractivity contribution < 1.29 is 31.9 Å². The van der Waals surface area contributed by atoms with Gasteiger partial charge in [-0.25, -0.2) is 17.6 Å². The van der Waals surface area contributed by atoms with Crippen molar-refractivity contribution in [3.05, 3.63) is 105 Å². The first-order valence-corrected chi connectivity index (χ1v) is 22.7. The van der Waals surface area contributed by atoms with Crippen LogP contribution in [0.5, 0.6) is 0 Å². The molecule has 0 aliphatic carbocycles. The topological polar surface area (TPSA) is 149 Å². The third-order valence-electron chi connectivity index (χ3n) is 12.7. The first-order chi connectivity index (χ1) is 30.0. The Morgan fingerprint density at radius 3 is 1.68 bits per heavy atom. The number of piperidine rings is 3. The lowest BCUT2D eigenvalue weighted by Crippen LogP contribution is -2.59. The molecule has 0 spiro atoms. The monoisotopic (exact) mass is 933 g/mol. The molecule has 3 aliphatic rings. The highest BCUT2D eigenvalue weighted by Gasteiger charge is 2.35. The average molecular weight is 934 g/mol. The number of halogens is 5. The molecule has 362 valence electrons. The molecule has 3 heterocycles. The Hall–Kier alpha value is -4.12. The Morgan fingerprint density at radius 2 is 1.18 bits per heavy atom. The van der Waals surface area contributed by atoms with Crippen molar-refractivity contribution >= 4 is 29.3 Å². The molecule has 0 radical (unpaired) electrons. The van der Waals surface area contributed by atoms with Crippen LogP contribution in [0.2, 0.25) is 5.02 Å². The number of hydrogen-bond donors (Lipinski definition) is 5. The van der Waals surface area contributed by atoms with Crippen molar-refractivity contribution in [3.8, 4) is 0 Å². The molecule has 65 heavy (non-hydrogen) atoms. The van der Waals surface area contributed by atoms with Gasteiger partial charge in [-0.15, -0.1) is 0 Å². The summed E-state index contributed by atoms with van der Waals surface area (Å²) in [5.41, 5.74) is 13.6. The van der Waals surface area contributed by atoms with Gasteiger partial charge in [0.15, 0.2) is 11.6 Å². The van der Waals surface area contributed by atoms with Crippen molar-refractivity contribution in [2.24, 2.45) is 11.5 Å². The molecule has 4 atom stereocenters.